The smallest absolute Gasteiger partial charge is 0.170 e. The first-order valence-electron chi connectivity index (χ1n) is 5.65. The van der Waals surface area contributed by atoms with Gasteiger partial charge in [0.2, 0.25) is 0 Å². The molecule has 0 saturated carbocycles. The minimum absolute atomic E-state index is 0.115. The molecule has 2 aromatic rings. The second-order valence-corrected chi connectivity index (χ2v) is 6.01. The van der Waals surface area contributed by atoms with Gasteiger partial charge in [-0.3, -0.25) is 0 Å². The van der Waals surface area contributed by atoms with Crippen molar-refractivity contribution < 1.29 is 4.39 Å². The molecule has 0 amide bonds. The summed E-state index contributed by atoms with van der Waals surface area (Å²) < 4.78 is 18.6. The zero-order chi connectivity index (χ0) is 13.0. The second-order valence-electron chi connectivity index (χ2n) is 3.84. The summed E-state index contributed by atoms with van der Waals surface area (Å²) in [6.45, 7) is 2.00. The summed E-state index contributed by atoms with van der Waals surface area (Å²) in [4.78, 5) is 4.12. The largest absolute Gasteiger partial charge is 0.326 e. The van der Waals surface area contributed by atoms with E-state index < -0.39 is 0 Å². The molecule has 0 spiro atoms. The van der Waals surface area contributed by atoms with Crippen LogP contribution in [0, 0.1) is 5.82 Å². The van der Waals surface area contributed by atoms with Gasteiger partial charge in [0.25, 0.3) is 0 Å². The minimum atomic E-state index is -0.219. The van der Waals surface area contributed by atoms with Gasteiger partial charge >= 0.3 is 0 Å². The number of rotatable bonds is 5. The van der Waals surface area contributed by atoms with E-state index in [4.69, 9.17) is 5.73 Å². The Morgan fingerprint density at radius 2 is 2.22 bits per heavy atom. The summed E-state index contributed by atoms with van der Waals surface area (Å²) in [5.41, 5.74) is 6.74. The van der Waals surface area contributed by atoms with Crippen molar-refractivity contribution in [3.8, 4) is 0 Å². The average molecular weight is 283 g/mol. The molecule has 2 rings (SSSR count). The van der Waals surface area contributed by atoms with Crippen molar-refractivity contribution in [2.45, 2.75) is 29.0 Å². The number of benzene rings is 1. The van der Waals surface area contributed by atoms with Crippen LogP contribution in [-0.4, -0.2) is 15.4 Å². The highest BCUT2D eigenvalue weighted by atomic mass is 32.2. The molecule has 96 valence electrons. The maximum absolute atomic E-state index is 13.9. The fraction of sp³-hybridized carbons (Fsp3) is 0.333. The molecule has 2 atom stereocenters. The van der Waals surface area contributed by atoms with Crippen molar-refractivity contribution in [1.82, 2.24) is 9.36 Å². The van der Waals surface area contributed by atoms with Gasteiger partial charge in [-0.25, -0.2) is 9.37 Å². The van der Waals surface area contributed by atoms with Gasteiger partial charge in [-0.1, -0.05) is 36.9 Å². The zero-order valence-electron chi connectivity index (χ0n) is 9.91. The number of hydrogen-bond donors (Lipinski definition) is 1. The van der Waals surface area contributed by atoms with Crippen LogP contribution in [0.1, 0.15) is 24.2 Å². The van der Waals surface area contributed by atoms with E-state index in [1.54, 1.807) is 12.1 Å². The van der Waals surface area contributed by atoms with Crippen LogP contribution in [-0.2, 0) is 0 Å². The molecule has 2 N–H and O–H groups in total. The quantitative estimate of drug-likeness (QED) is 0.856. The molecule has 1 heterocycles. The van der Waals surface area contributed by atoms with Crippen LogP contribution in [0.5, 0.6) is 0 Å². The Morgan fingerprint density at radius 1 is 1.44 bits per heavy atom. The third kappa shape index (κ3) is 3.07. The highest BCUT2D eigenvalue weighted by Gasteiger charge is 2.23. The van der Waals surface area contributed by atoms with Gasteiger partial charge < -0.3 is 5.73 Å². The standard InChI is InChI=1S/C12H14FN3S2/c1-2-10(14)11(17-12-15-7-16-18-12)8-5-3-4-6-9(8)13/h3-7,10-11H,2,14H2,1H3. The maximum Gasteiger partial charge on any atom is 0.170 e. The van der Waals surface area contributed by atoms with Gasteiger partial charge in [-0.05, 0) is 24.0 Å². The third-order valence-corrected chi connectivity index (χ3v) is 4.78. The van der Waals surface area contributed by atoms with Gasteiger partial charge in [-0.2, -0.15) is 4.37 Å². The summed E-state index contributed by atoms with van der Waals surface area (Å²) in [5.74, 6) is -0.219. The lowest BCUT2D eigenvalue weighted by Gasteiger charge is -2.22. The van der Waals surface area contributed by atoms with Crippen molar-refractivity contribution in [2.75, 3.05) is 0 Å². The highest BCUT2D eigenvalue weighted by molar-refractivity contribution is 8.01. The van der Waals surface area contributed by atoms with Crippen molar-refractivity contribution >= 4 is 23.3 Å². The predicted molar refractivity (Wildman–Crippen MR) is 73.2 cm³/mol. The molecule has 0 radical (unpaired) electrons. The highest BCUT2D eigenvalue weighted by Crippen LogP contribution is 2.39. The van der Waals surface area contributed by atoms with E-state index in [0.29, 0.717) is 5.56 Å². The number of nitrogens with zero attached hydrogens (tertiary/aromatic N) is 2. The Labute approximate surface area is 114 Å². The number of halogens is 1. The normalized spacial score (nSPS) is 14.4. The van der Waals surface area contributed by atoms with Gasteiger partial charge in [-0.15, -0.1) is 0 Å². The van der Waals surface area contributed by atoms with Crippen LogP contribution in [0.3, 0.4) is 0 Å². The Morgan fingerprint density at radius 3 is 2.83 bits per heavy atom. The number of hydrogen-bond acceptors (Lipinski definition) is 5. The summed E-state index contributed by atoms with van der Waals surface area (Å²) >= 11 is 2.78. The molecule has 0 aliphatic heterocycles. The zero-order valence-corrected chi connectivity index (χ0v) is 11.5. The number of nitrogens with two attached hydrogens (primary N) is 1. The van der Waals surface area contributed by atoms with E-state index in [0.717, 1.165) is 10.8 Å². The lowest BCUT2D eigenvalue weighted by atomic mass is 10.0. The van der Waals surface area contributed by atoms with Crippen molar-refractivity contribution in [3.63, 3.8) is 0 Å². The SMILES string of the molecule is CCC(N)C(Sc1ncns1)c1ccccc1F. The maximum atomic E-state index is 13.9. The topological polar surface area (TPSA) is 51.8 Å². The number of aromatic nitrogens is 2. The van der Waals surface area contributed by atoms with E-state index in [2.05, 4.69) is 9.36 Å². The summed E-state index contributed by atoms with van der Waals surface area (Å²) in [5, 5.41) is -0.135. The molecule has 0 saturated heterocycles. The first kappa shape index (κ1) is 13.5. The second kappa shape index (κ2) is 6.26. The fourth-order valence-corrected chi connectivity index (χ4v) is 3.53. The van der Waals surface area contributed by atoms with Crippen LogP contribution < -0.4 is 5.73 Å². The molecule has 0 bridgehead atoms. The van der Waals surface area contributed by atoms with E-state index >= 15 is 0 Å². The van der Waals surface area contributed by atoms with Gasteiger partial charge in [0, 0.05) is 11.6 Å². The molecule has 0 aliphatic carbocycles. The van der Waals surface area contributed by atoms with Crippen molar-refractivity contribution in [1.29, 1.82) is 0 Å². The minimum Gasteiger partial charge on any atom is -0.326 e. The van der Waals surface area contributed by atoms with Gasteiger partial charge in [0.15, 0.2) is 4.34 Å². The van der Waals surface area contributed by atoms with Crippen LogP contribution in [0.4, 0.5) is 4.39 Å². The molecule has 3 nitrogen and oxygen atoms in total. The van der Waals surface area contributed by atoms with Crippen LogP contribution in [0.25, 0.3) is 0 Å². The monoisotopic (exact) mass is 283 g/mol. The number of thioether (sulfide) groups is 1. The molecule has 18 heavy (non-hydrogen) atoms. The Balaban J connectivity index is 2.28. The van der Waals surface area contributed by atoms with E-state index in [-0.39, 0.29) is 17.1 Å². The fourth-order valence-electron chi connectivity index (χ4n) is 1.62. The molecule has 0 fully saturated rings. The van der Waals surface area contributed by atoms with Gasteiger partial charge in [0.1, 0.15) is 12.1 Å². The van der Waals surface area contributed by atoms with Crippen LogP contribution in [0.2, 0.25) is 0 Å². The van der Waals surface area contributed by atoms with Crippen molar-refractivity contribution in [2.24, 2.45) is 5.73 Å². The molecule has 1 aromatic carbocycles. The lowest BCUT2D eigenvalue weighted by Crippen LogP contribution is -2.26. The first-order valence-corrected chi connectivity index (χ1v) is 7.31. The molecule has 2 unspecified atom stereocenters. The van der Waals surface area contributed by atoms with E-state index in [9.17, 15) is 4.39 Å². The Kier molecular flexibility index (Phi) is 4.68. The Hall–Kier alpha value is -0.980. The average Bonchev–Trinajstić information content (AvgIpc) is 2.89. The van der Waals surface area contributed by atoms with Crippen molar-refractivity contribution in [3.05, 3.63) is 42.0 Å². The Bertz CT molecular complexity index is 490. The summed E-state index contributed by atoms with van der Waals surface area (Å²) in [6, 6.07) is 6.64. The molecular formula is C12H14FN3S2. The first-order chi connectivity index (χ1) is 8.72. The molecule has 0 aliphatic rings. The summed E-state index contributed by atoms with van der Waals surface area (Å²) in [7, 11) is 0. The van der Waals surface area contributed by atoms with Crippen LogP contribution in [0.15, 0.2) is 34.9 Å². The molecule has 1 aromatic heterocycles. The predicted octanol–water partition coefficient (Wildman–Crippen LogP) is 3.25. The lowest BCUT2D eigenvalue weighted by molar-refractivity contribution is 0.572. The van der Waals surface area contributed by atoms with E-state index in [1.165, 1.54) is 35.7 Å². The third-order valence-electron chi connectivity index (χ3n) is 2.64. The van der Waals surface area contributed by atoms with E-state index in [1.807, 2.05) is 13.0 Å². The molecule has 6 heteroatoms. The van der Waals surface area contributed by atoms with Gasteiger partial charge in [0.05, 0.1) is 5.25 Å². The molecular weight excluding hydrogens is 269 g/mol. The summed E-state index contributed by atoms with van der Waals surface area (Å²) in [6.07, 6.45) is 2.29. The van der Waals surface area contributed by atoms with Crippen LogP contribution >= 0.6 is 23.3 Å².